The highest BCUT2D eigenvalue weighted by Crippen LogP contribution is 2.39. The molecule has 1 aliphatic carbocycles. The van der Waals surface area contributed by atoms with Crippen LogP contribution in [0.25, 0.3) is 0 Å². The van der Waals surface area contributed by atoms with E-state index in [1.54, 1.807) is 11.0 Å². The van der Waals surface area contributed by atoms with Crippen molar-refractivity contribution in [1.82, 2.24) is 20.1 Å². The fraction of sp³-hybridized carbons (Fsp3) is 0.500. The Hall–Kier alpha value is -2.17. The van der Waals surface area contributed by atoms with Crippen molar-refractivity contribution in [3.05, 3.63) is 48.0 Å². The molecule has 23 heavy (non-hydrogen) atoms. The van der Waals surface area contributed by atoms with Gasteiger partial charge in [-0.15, -0.1) is 0 Å². The normalized spacial score (nSPS) is 16.9. The average Bonchev–Trinajstić information content (AvgIpc) is 3.07. The van der Waals surface area contributed by atoms with Crippen LogP contribution >= 0.6 is 0 Å². The van der Waals surface area contributed by atoms with Gasteiger partial charge in [0.15, 0.2) is 0 Å². The molecule has 0 bridgehead atoms. The van der Waals surface area contributed by atoms with E-state index in [1.807, 2.05) is 0 Å². The summed E-state index contributed by atoms with van der Waals surface area (Å²) in [5.74, 6) is -0.00639. The zero-order chi connectivity index (χ0) is 16.1. The summed E-state index contributed by atoms with van der Waals surface area (Å²) in [4.78, 5) is 16.1. The molecule has 0 radical (unpaired) electrons. The second kappa shape index (κ2) is 6.94. The van der Waals surface area contributed by atoms with Gasteiger partial charge in [-0.25, -0.2) is 9.67 Å². The van der Waals surface area contributed by atoms with E-state index in [9.17, 15) is 4.79 Å². The van der Waals surface area contributed by atoms with Gasteiger partial charge in [-0.2, -0.15) is 5.10 Å². The third-order valence-corrected chi connectivity index (χ3v) is 4.84. The van der Waals surface area contributed by atoms with Gasteiger partial charge in [0.05, 0.1) is 0 Å². The first-order valence-corrected chi connectivity index (χ1v) is 8.34. The Bertz CT molecular complexity index is 645. The number of carbonyl (C=O) groups is 1. The summed E-state index contributed by atoms with van der Waals surface area (Å²) in [5.41, 5.74) is 2.71. The van der Waals surface area contributed by atoms with Crippen LogP contribution in [0, 0.1) is 6.92 Å². The summed E-state index contributed by atoms with van der Waals surface area (Å²) in [6.45, 7) is 3.05. The summed E-state index contributed by atoms with van der Waals surface area (Å²) in [7, 11) is 0. The van der Waals surface area contributed by atoms with Gasteiger partial charge in [0.1, 0.15) is 19.2 Å². The lowest BCUT2D eigenvalue weighted by Crippen LogP contribution is -2.43. The van der Waals surface area contributed by atoms with Crippen LogP contribution in [0.5, 0.6) is 0 Å². The molecule has 0 aliphatic heterocycles. The van der Waals surface area contributed by atoms with Crippen LogP contribution in [0.4, 0.5) is 0 Å². The zero-order valence-corrected chi connectivity index (χ0v) is 13.7. The van der Waals surface area contributed by atoms with Crippen molar-refractivity contribution >= 4 is 5.91 Å². The van der Waals surface area contributed by atoms with E-state index in [-0.39, 0.29) is 17.9 Å². The summed E-state index contributed by atoms with van der Waals surface area (Å²) in [5, 5.41) is 7.10. The van der Waals surface area contributed by atoms with Gasteiger partial charge in [0, 0.05) is 12.0 Å². The molecule has 2 aromatic rings. The lowest BCUT2D eigenvalue weighted by Gasteiger charge is -2.38. The molecule has 1 aromatic heterocycles. The van der Waals surface area contributed by atoms with Gasteiger partial charge in [0.2, 0.25) is 5.91 Å². The van der Waals surface area contributed by atoms with Crippen molar-refractivity contribution in [2.24, 2.45) is 0 Å². The van der Waals surface area contributed by atoms with Crippen LogP contribution in [-0.4, -0.2) is 27.2 Å². The predicted octanol–water partition coefficient (Wildman–Crippen LogP) is 2.60. The van der Waals surface area contributed by atoms with Crippen LogP contribution in [0.3, 0.4) is 0 Å². The van der Waals surface area contributed by atoms with Crippen molar-refractivity contribution in [2.75, 3.05) is 6.54 Å². The zero-order valence-electron chi connectivity index (χ0n) is 13.7. The van der Waals surface area contributed by atoms with E-state index >= 15 is 0 Å². The number of hydrogen-bond donors (Lipinski definition) is 1. The van der Waals surface area contributed by atoms with E-state index in [1.165, 1.54) is 36.7 Å². The van der Waals surface area contributed by atoms with Gasteiger partial charge in [0.25, 0.3) is 0 Å². The first-order chi connectivity index (χ1) is 11.2. The molecule has 1 saturated carbocycles. The molecule has 5 heteroatoms. The molecular formula is C18H24N4O. The van der Waals surface area contributed by atoms with E-state index in [4.69, 9.17) is 0 Å². The van der Waals surface area contributed by atoms with Crippen molar-refractivity contribution in [2.45, 2.75) is 51.0 Å². The molecule has 0 atom stereocenters. The molecule has 0 saturated heterocycles. The molecule has 1 heterocycles. The Labute approximate surface area is 137 Å². The molecule has 1 amide bonds. The Morgan fingerprint density at radius 3 is 2.83 bits per heavy atom. The van der Waals surface area contributed by atoms with E-state index in [0.29, 0.717) is 6.54 Å². The molecule has 1 fully saturated rings. The van der Waals surface area contributed by atoms with Crippen LogP contribution in [-0.2, 0) is 16.8 Å². The van der Waals surface area contributed by atoms with Gasteiger partial charge in [-0.3, -0.25) is 4.79 Å². The second-order valence-electron chi connectivity index (χ2n) is 6.58. The number of benzene rings is 1. The minimum Gasteiger partial charge on any atom is -0.354 e. The highest BCUT2D eigenvalue weighted by Gasteiger charge is 2.34. The lowest BCUT2D eigenvalue weighted by atomic mass is 9.69. The average molecular weight is 312 g/mol. The third kappa shape index (κ3) is 3.78. The maximum atomic E-state index is 12.2. The van der Waals surface area contributed by atoms with Crippen LogP contribution in [0.2, 0.25) is 0 Å². The number of aryl methyl sites for hydroxylation is 1. The second-order valence-corrected chi connectivity index (χ2v) is 6.58. The first kappa shape index (κ1) is 15.7. The molecule has 0 unspecified atom stereocenters. The van der Waals surface area contributed by atoms with Crippen molar-refractivity contribution in [3.63, 3.8) is 0 Å². The number of hydrogen-bond acceptors (Lipinski definition) is 3. The molecule has 1 N–H and O–H groups in total. The molecule has 0 spiro atoms. The SMILES string of the molecule is Cc1cccc(C2(CNC(=O)Cn3cncn3)CCCCC2)c1. The van der Waals surface area contributed by atoms with Gasteiger partial charge < -0.3 is 5.32 Å². The van der Waals surface area contributed by atoms with Crippen LogP contribution in [0.1, 0.15) is 43.2 Å². The quantitative estimate of drug-likeness (QED) is 0.923. The third-order valence-electron chi connectivity index (χ3n) is 4.84. The maximum Gasteiger partial charge on any atom is 0.241 e. The minimum absolute atomic E-state index is 0.00639. The van der Waals surface area contributed by atoms with E-state index < -0.39 is 0 Å². The van der Waals surface area contributed by atoms with Crippen molar-refractivity contribution < 1.29 is 4.79 Å². The molecule has 122 valence electrons. The van der Waals surface area contributed by atoms with Crippen LogP contribution < -0.4 is 5.32 Å². The summed E-state index contributed by atoms with van der Waals surface area (Å²) in [6, 6.07) is 8.73. The fourth-order valence-corrected chi connectivity index (χ4v) is 3.56. The Kier molecular flexibility index (Phi) is 4.74. The molecule has 1 aromatic carbocycles. The standard InChI is InChI=1S/C18H24N4O/c1-15-6-5-7-16(10-15)18(8-3-2-4-9-18)12-20-17(23)11-22-14-19-13-21-22/h5-7,10,13-14H,2-4,8-9,11-12H2,1H3,(H,20,23). The largest absolute Gasteiger partial charge is 0.354 e. The number of rotatable bonds is 5. The first-order valence-electron chi connectivity index (χ1n) is 8.34. The number of amides is 1. The molecule has 1 aliphatic rings. The number of aromatic nitrogens is 3. The number of carbonyl (C=O) groups excluding carboxylic acids is 1. The van der Waals surface area contributed by atoms with E-state index in [0.717, 1.165) is 12.8 Å². The number of nitrogens with one attached hydrogen (secondary N) is 1. The Balaban J connectivity index is 1.70. The molecule has 3 rings (SSSR count). The van der Waals surface area contributed by atoms with Crippen LogP contribution in [0.15, 0.2) is 36.9 Å². The summed E-state index contributed by atoms with van der Waals surface area (Å²) >= 11 is 0. The maximum absolute atomic E-state index is 12.2. The highest BCUT2D eigenvalue weighted by atomic mass is 16.2. The van der Waals surface area contributed by atoms with Crippen molar-refractivity contribution in [1.29, 1.82) is 0 Å². The number of nitrogens with zero attached hydrogens (tertiary/aromatic N) is 3. The Morgan fingerprint density at radius 2 is 2.13 bits per heavy atom. The monoisotopic (exact) mass is 312 g/mol. The molecular weight excluding hydrogens is 288 g/mol. The van der Waals surface area contributed by atoms with Gasteiger partial charge in [-0.05, 0) is 25.3 Å². The van der Waals surface area contributed by atoms with Gasteiger partial charge in [-0.1, -0.05) is 49.1 Å². The van der Waals surface area contributed by atoms with E-state index in [2.05, 4.69) is 46.6 Å². The summed E-state index contributed by atoms with van der Waals surface area (Å²) in [6.07, 6.45) is 9.04. The summed E-state index contributed by atoms with van der Waals surface area (Å²) < 4.78 is 1.55. The topological polar surface area (TPSA) is 59.8 Å². The lowest BCUT2D eigenvalue weighted by molar-refractivity contribution is -0.122. The van der Waals surface area contributed by atoms with Gasteiger partial charge >= 0.3 is 0 Å². The van der Waals surface area contributed by atoms with Crippen molar-refractivity contribution in [3.8, 4) is 0 Å². The Morgan fingerprint density at radius 1 is 1.30 bits per heavy atom. The minimum atomic E-state index is -0.00639. The smallest absolute Gasteiger partial charge is 0.241 e. The molecule has 5 nitrogen and oxygen atoms in total. The fourth-order valence-electron chi connectivity index (χ4n) is 3.56. The predicted molar refractivity (Wildman–Crippen MR) is 89.0 cm³/mol. The highest BCUT2D eigenvalue weighted by molar-refractivity contribution is 5.75.